The summed E-state index contributed by atoms with van der Waals surface area (Å²) in [6.07, 6.45) is 6.82. The van der Waals surface area contributed by atoms with Crippen molar-refractivity contribution < 1.29 is 4.79 Å². The van der Waals surface area contributed by atoms with Gasteiger partial charge in [-0.15, -0.1) is 0 Å². The van der Waals surface area contributed by atoms with Gasteiger partial charge in [0.1, 0.15) is 6.29 Å². The Kier molecular flexibility index (Phi) is 2.60. The molecule has 1 aliphatic carbocycles. The summed E-state index contributed by atoms with van der Waals surface area (Å²) in [6, 6.07) is 0. The van der Waals surface area contributed by atoms with Crippen LogP contribution in [0.15, 0.2) is 23.8 Å². The smallest absolute Gasteiger partial charge is 0.146 e. The molecular weight excluding hydrogens is 138 g/mol. The maximum atomic E-state index is 10.5. The minimum Gasteiger partial charge on any atom is -0.308 e. The van der Waals surface area contributed by atoms with Crippen LogP contribution in [0.4, 0.5) is 0 Å². The van der Waals surface area contributed by atoms with Gasteiger partial charge in [-0.2, -0.15) is 0 Å². The molecule has 11 heavy (non-hydrogen) atoms. The van der Waals surface area contributed by atoms with Gasteiger partial charge in [-0.1, -0.05) is 18.2 Å². The zero-order chi connectivity index (χ0) is 8.27. The fourth-order valence-electron chi connectivity index (χ4n) is 1.22. The van der Waals surface area contributed by atoms with E-state index in [4.69, 9.17) is 0 Å². The van der Waals surface area contributed by atoms with Gasteiger partial charge < -0.3 is 4.90 Å². The second-order valence-electron chi connectivity index (χ2n) is 3.04. The molecule has 0 heterocycles. The number of carbonyl (C=O) groups is 1. The molecule has 1 aliphatic rings. The summed E-state index contributed by atoms with van der Waals surface area (Å²) < 4.78 is 0. The topological polar surface area (TPSA) is 20.3 Å². The second kappa shape index (κ2) is 3.49. The summed E-state index contributed by atoms with van der Waals surface area (Å²) in [5.74, 6) is 0.308. The van der Waals surface area contributed by atoms with E-state index in [9.17, 15) is 4.79 Å². The Morgan fingerprint density at radius 2 is 2.36 bits per heavy atom. The van der Waals surface area contributed by atoms with Crippen LogP contribution in [0.1, 0.15) is 0 Å². The third-order valence-electron chi connectivity index (χ3n) is 1.76. The predicted molar refractivity (Wildman–Crippen MR) is 45.3 cm³/mol. The molecule has 0 N–H and O–H groups in total. The Morgan fingerprint density at radius 3 is 2.91 bits per heavy atom. The van der Waals surface area contributed by atoms with Crippen LogP contribution in [-0.2, 0) is 4.79 Å². The van der Waals surface area contributed by atoms with Gasteiger partial charge >= 0.3 is 0 Å². The van der Waals surface area contributed by atoms with Gasteiger partial charge in [-0.3, -0.25) is 4.79 Å². The highest BCUT2D eigenvalue weighted by Crippen LogP contribution is 2.17. The standard InChI is InChI=1S/C9H13NO/c1-10(2)6-8-4-3-5-9(8)7-11/h3-5,7-8H,6H2,1-2H3. The van der Waals surface area contributed by atoms with Crippen molar-refractivity contribution in [3.8, 4) is 0 Å². The lowest BCUT2D eigenvalue weighted by Crippen LogP contribution is -2.21. The van der Waals surface area contributed by atoms with Crippen molar-refractivity contribution in [3.05, 3.63) is 23.8 Å². The summed E-state index contributed by atoms with van der Waals surface area (Å²) in [5.41, 5.74) is 0.888. The van der Waals surface area contributed by atoms with E-state index < -0.39 is 0 Å². The summed E-state index contributed by atoms with van der Waals surface area (Å²) >= 11 is 0. The molecule has 0 aliphatic heterocycles. The van der Waals surface area contributed by atoms with Crippen LogP contribution in [0.3, 0.4) is 0 Å². The number of hydrogen-bond donors (Lipinski definition) is 0. The Bertz CT molecular complexity index is 204. The first-order valence-electron chi connectivity index (χ1n) is 3.72. The van der Waals surface area contributed by atoms with Crippen molar-refractivity contribution >= 4 is 6.29 Å². The van der Waals surface area contributed by atoms with Gasteiger partial charge in [-0.25, -0.2) is 0 Å². The lowest BCUT2D eigenvalue weighted by atomic mass is 10.0. The molecule has 1 unspecified atom stereocenters. The van der Waals surface area contributed by atoms with Crippen LogP contribution in [0.5, 0.6) is 0 Å². The van der Waals surface area contributed by atoms with E-state index >= 15 is 0 Å². The minimum atomic E-state index is 0.308. The van der Waals surface area contributed by atoms with E-state index in [1.54, 1.807) is 0 Å². The summed E-state index contributed by atoms with van der Waals surface area (Å²) in [7, 11) is 4.02. The van der Waals surface area contributed by atoms with Gasteiger partial charge in [0.2, 0.25) is 0 Å². The monoisotopic (exact) mass is 151 g/mol. The van der Waals surface area contributed by atoms with E-state index in [0.29, 0.717) is 5.92 Å². The van der Waals surface area contributed by atoms with Crippen molar-refractivity contribution in [2.24, 2.45) is 5.92 Å². The molecule has 1 rings (SSSR count). The van der Waals surface area contributed by atoms with E-state index in [0.717, 1.165) is 18.4 Å². The number of carbonyl (C=O) groups excluding carboxylic acids is 1. The molecule has 0 saturated carbocycles. The number of aldehydes is 1. The molecule has 0 aromatic heterocycles. The average molecular weight is 151 g/mol. The Morgan fingerprint density at radius 1 is 1.64 bits per heavy atom. The van der Waals surface area contributed by atoms with Crippen molar-refractivity contribution in [2.45, 2.75) is 0 Å². The SMILES string of the molecule is CN(C)CC1C=CC=C1C=O. The lowest BCUT2D eigenvalue weighted by Gasteiger charge is -2.14. The fraction of sp³-hybridized carbons (Fsp3) is 0.444. The maximum Gasteiger partial charge on any atom is 0.146 e. The molecule has 0 amide bonds. The highest BCUT2D eigenvalue weighted by Gasteiger charge is 2.13. The highest BCUT2D eigenvalue weighted by atomic mass is 16.1. The van der Waals surface area contributed by atoms with Gasteiger partial charge in [-0.05, 0) is 14.1 Å². The molecule has 0 saturated heterocycles. The van der Waals surface area contributed by atoms with Gasteiger partial charge in [0, 0.05) is 18.0 Å². The normalized spacial score (nSPS) is 22.5. The zero-order valence-electron chi connectivity index (χ0n) is 6.95. The quantitative estimate of drug-likeness (QED) is 0.557. The third-order valence-corrected chi connectivity index (χ3v) is 1.76. The first-order valence-corrected chi connectivity index (χ1v) is 3.72. The van der Waals surface area contributed by atoms with Gasteiger partial charge in [0.05, 0.1) is 0 Å². The molecular formula is C9H13NO. The van der Waals surface area contributed by atoms with Gasteiger partial charge in [0.25, 0.3) is 0 Å². The number of rotatable bonds is 3. The molecule has 0 fully saturated rings. The number of hydrogen-bond acceptors (Lipinski definition) is 2. The van der Waals surface area contributed by atoms with Crippen LogP contribution >= 0.6 is 0 Å². The Hall–Kier alpha value is -0.890. The number of nitrogens with zero attached hydrogens (tertiary/aromatic N) is 1. The lowest BCUT2D eigenvalue weighted by molar-refractivity contribution is -0.105. The summed E-state index contributed by atoms with van der Waals surface area (Å²) in [5, 5.41) is 0. The minimum absolute atomic E-state index is 0.308. The molecule has 0 spiro atoms. The summed E-state index contributed by atoms with van der Waals surface area (Å²) in [4.78, 5) is 12.6. The summed E-state index contributed by atoms with van der Waals surface area (Å²) in [6.45, 7) is 0.918. The zero-order valence-corrected chi connectivity index (χ0v) is 6.95. The Balaban J connectivity index is 2.53. The third kappa shape index (κ3) is 2.02. The molecule has 0 aromatic rings. The predicted octanol–water partition coefficient (Wildman–Crippen LogP) is 0.859. The molecule has 0 aromatic carbocycles. The van der Waals surface area contributed by atoms with Crippen LogP contribution in [-0.4, -0.2) is 31.8 Å². The van der Waals surface area contributed by atoms with E-state index in [2.05, 4.69) is 11.0 Å². The van der Waals surface area contributed by atoms with Crippen LogP contribution in [0, 0.1) is 5.92 Å². The van der Waals surface area contributed by atoms with E-state index in [1.807, 2.05) is 26.2 Å². The van der Waals surface area contributed by atoms with E-state index in [-0.39, 0.29) is 0 Å². The molecule has 0 radical (unpaired) electrons. The maximum absolute atomic E-state index is 10.5. The number of allylic oxidation sites excluding steroid dienone is 2. The van der Waals surface area contributed by atoms with Crippen molar-refractivity contribution in [2.75, 3.05) is 20.6 Å². The van der Waals surface area contributed by atoms with Crippen LogP contribution in [0.2, 0.25) is 0 Å². The van der Waals surface area contributed by atoms with Crippen molar-refractivity contribution in [3.63, 3.8) is 0 Å². The van der Waals surface area contributed by atoms with Crippen molar-refractivity contribution in [1.82, 2.24) is 4.90 Å². The average Bonchev–Trinajstić information content (AvgIpc) is 2.34. The van der Waals surface area contributed by atoms with Gasteiger partial charge in [0.15, 0.2) is 0 Å². The largest absolute Gasteiger partial charge is 0.308 e. The first-order chi connectivity index (χ1) is 5.24. The molecule has 2 nitrogen and oxygen atoms in total. The van der Waals surface area contributed by atoms with Crippen molar-refractivity contribution in [1.29, 1.82) is 0 Å². The van der Waals surface area contributed by atoms with Crippen LogP contribution in [0.25, 0.3) is 0 Å². The Labute approximate surface area is 67.2 Å². The molecule has 60 valence electrons. The first kappa shape index (κ1) is 8.21. The molecule has 1 atom stereocenters. The van der Waals surface area contributed by atoms with Crippen LogP contribution < -0.4 is 0 Å². The highest BCUT2D eigenvalue weighted by molar-refractivity contribution is 5.76. The fourth-order valence-corrected chi connectivity index (χ4v) is 1.22. The second-order valence-corrected chi connectivity index (χ2v) is 3.04. The van der Waals surface area contributed by atoms with E-state index in [1.165, 1.54) is 0 Å². The molecule has 0 bridgehead atoms. The molecule has 2 heteroatoms.